The molecule has 0 aromatic heterocycles. The van der Waals surface area contributed by atoms with Gasteiger partial charge in [0.2, 0.25) is 0 Å². The van der Waals surface area contributed by atoms with Crippen LogP contribution < -0.4 is 10.2 Å². The van der Waals surface area contributed by atoms with Crippen molar-refractivity contribution in [3.05, 3.63) is 94.0 Å². The highest BCUT2D eigenvalue weighted by Crippen LogP contribution is 2.38. The van der Waals surface area contributed by atoms with Crippen molar-refractivity contribution in [3.63, 3.8) is 0 Å². The largest absolute Gasteiger partial charge is 0.322 e. The van der Waals surface area contributed by atoms with Crippen LogP contribution in [0.15, 0.2) is 66.7 Å². The number of amides is 2. The van der Waals surface area contributed by atoms with Crippen molar-refractivity contribution < 1.29 is 9.59 Å². The van der Waals surface area contributed by atoms with E-state index in [0.29, 0.717) is 34.3 Å². The molecule has 0 saturated carbocycles. The minimum Gasteiger partial charge on any atom is -0.322 e. The number of fused-ring (bicyclic) bond motifs is 1. The highest BCUT2D eigenvalue weighted by molar-refractivity contribution is 6.30. The number of nitrogens with one attached hydrogen (secondary N) is 1. The van der Waals surface area contributed by atoms with Gasteiger partial charge in [-0.2, -0.15) is 0 Å². The highest BCUT2D eigenvalue weighted by atomic mass is 35.5. The molecule has 1 atom stereocenters. The fourth-order valence-electron chi connectivity index (χ4n) is 4.67. The van der Waals surface area contributed by atoms with E-state index in [0.717, 1.165) is 42.6 Å². The molecule has 1 N–H and O–H groups in total. The van der Waals surface area contributed by atoms with E-state index in [4.69, 9.17) is 11.6 Å². The van der Waals surface area contributed by atoms with Crippen molar-refractivity contribution in [1.82, 2.24) is 4.90 Å². The number of carbonyl (C=O) groups is 2. The molecule has 0 bridgehead atoms. The van der Waals surface area contributed by atoms with E-state index < -0.39 is 0 Å². The molecule has 1 heterocycles. The summed E-state index contributed by atoms with van der Waals surface area (Å²) in [6.07, 6.45) is 2.98. The van der Waals surface area contributed by atoms with Gasteiger partial charge in [-0.3, -0.25) is 9.59 Å². The molecule has 2 amide bonds. The van der Waals surface area contributed by atoms with Gasteiger partial charge in [-0.1, -0.05) is 29.8 Å². The summed E-state index contributed by atoms with van der Waals surface area (Å²) in [5.41, 5.74) is 4.88. The smallest absolute Gasteiger partial charge is 0.258 e. The van der Waals surface area contributed by atoms with E-state index in [1.54, 1.807) is 30.3 Å². The zero-order chi connectivity index (χ0) is 24.9. The standard InChI is InChI=1S/C29H32ClN3O2/c1-20-7-4-5-9-25(20)28(34)31-24-13-10-22(11-14-24)29(35)33-17-6-8-21(16-18-32(2)3)26-19-23(30)12-15-27(26)33/h4-5,7,9-15,19,21H,6,8,16-18H2,1-3H3,(H,31,34). The fourth-order valence-corrected chi connectivity index (χ4v) is 4.85. The number of nitrogens with zero attached hydrogens (tertiary/aromatic N) is 2. The van der Waals surface area contributed by atoms with E-state index >= 15 is 0 Å². The average Bonchev–Trinajstić information content (AvgIpc) is 3.02. The molecule has 6 heteroatoms. The normalized spacial score (nSPS) is 15.5. The molecule has 3 aromatic carbocycles. The minimum atomic E-state index is -0.163. The zero-order valence-electron chi connectivity index (χ0n) is 20.6. The van der Waals surface area contributed by atoms with Crippen LogP contribution in [-0.4, -0.2) is 43.9 Å². The van der Waals surface area contributed by atoms with E-state index in [-0.39, 0.29) is 11.8 Å². The quantitative estimate of drug-likeness (QED) is 0.437. The van der Waals surface area contributed by atoms with Crippen LogP contribution in [0, 0.1) is 6.92 Å². The van der Waals surface area contributed by atoms with Gasteiger partial charge in [0, 0.05) is 34.1 Å². The topological polar surface area (TPSA) is 52.7 Å². The molecule has 1 aliphatic rings. The lowest BCUT2D eigenvalue weighted by Gasteiger charge is -2.25. The molecular formula is C29H32ClN3O2. The Morgan fingerprint density at radius 3 is 2.51 bits per heavy atom. The Labute approximate surface area is 212 Å². The Bertz CT molecular complexity index is 1210. The van der Waals surface area contributed by atoms with Crippen LogP contribution in [-0.2, 0) is 0 Å². The molecule has 4 rings (SSSR count). The summed E-state index contributed by atoms with van der Waals surface area (Å²) in [7, 11) is 4.16. The molecule has 1 aliphatic heterocycles. The Balaban J connectivity index is 1.53. The van der Waals surface area contributed by atoms with E-state index in [2.05, 4.69) is 24.3 Å². The Hall–Kier alpha value is -3.15. The maximum Gasteiger partial charge on any atom is 0.258 e. The zero-order valence-corrected chi connectivity index (χ0v) is 21.3. The molecule has 3 aromatic rings. The first kappa shape index (κ1) is 25.0. The first-order chi connectivity index (χ1) is 16.8. The molecule has 0 aliphatic carbocycles. The SMILES string of the molecule is Cc1ccccc1C(=O)Nc1ccc(C(=O)N2CCCC(CCN(C)C)c3cc(Cl)ccc32)cc1. The van der Waals surface area contributed by atoms with Crippen LogP contribution in [0.25, 0.3) is 0 Å². The number of hydrogen-bond donors (Lipinski definition) is 1. The molecule has 0 radical (unpaired) electrons. The van der Waals surface area contributed by atoms with Crippen molar-refractivity contribution in [2.75, 3.05) is 37.4 Å². The highest BCUT2D eigenvalue weighted by Gasteiger charge is 2.27. The number of anilines is 2. The summed E-state index contributed by atoms with van der Waals surface area (Å²) in [6, 6.07) is 20.4. The third kappa shape index (κ3) is 5.92. The second-order valence-electron chi connectivity index (χ2n) is 9.44. The van der Waals surface area contributed by atoms with Gasteiger partial charge in [0.15, 0.2) is 0 Å². The van der Waals surface area contributed by atoms with Gasteiger partial charge in [-0.05, 0) is 112 Å². The van der Waals surface area contributed by atoms with Gasteiger partial charge in [-0.25, -0.2) is 0 Å². The average molecular weight is 490 g/mol. The van der Waals surface area contributed by atoms with Crippen molar-refractivity contribution in [3.8, 4) is 0 Å². The molecular weight excluding hydrogens is 458 g/mol. The molecule has 5 nitrogen and oxygen atoms in total. The maximum atomic E-state index is 13.6. The van der Waals surface area contributed by atoms with Gasteiger partial charge in [-0.15, -0.1) is 0 Å². The second kappa shape index (κ2) is 11.1. The van der Waals surface area contributed by atoms with Gasteiger partial charge >= 0.3 is 0 Å². The molecule has 182 valence electrons. The summed E-state index contributed by atoms with van der Waals surface area (Å²) in [6.45, 7) is 3.56. The van der Waals surface area contributed by atoms with Crippen LogP contribution in [0.1, 0.15) is 57.0 Å². The Morgan fingerprint density at radius 1 is 1.06 bits per heavy atom. The lowest BCUT2D eigenvalue weighted by Crippen LogP contribution is -2.31. The van der Waals surface area contributed by atoms with Crippen LogP contribution in [0.2, 0.25) is 5.02 Å². The molecule has 1 unspecified atom stereocenters. The van der Waals surface area contributed by atoms with Crippen molar-refractivity contribution in [2.24, 2.45) is 0 Å². The van der Waals surface area contributed by atoms with Gasteiger partial charge in [0.05, 0.1) is 0 Å². The van der Waals surface area contributed by atoms with Crippen molar-refractivity contribution in [2.45, 2.75) is 32.1 Å². The second-order valence-corrected chi connectivity index (χ2v) is 9.87. The van der Waals surface area contributed by atoms with E-state index in [1.807, 2.05) is 48.2 Å². The number of rotatable bonds is 6. The molecule has 0 spiro atoms. The van der Waals surface area contributed by atoms with Crippen molar-refractivity contribution >= 4 is 34.8 Å². The molecule has 0 saturated heterocycles. The Kier molecular flexibility index (Phi) is 7.89. The van der Waals surface area contributed by atoms with E-state index in [1.165, 1.54) is 0 Å². The lowest BCUT2D eigenvalue weighted by atomic mass is 9.91. The summed E-state index contributed by atoms with van der Waals surface area (Å²) < 4.78 is 0. The summed E-state index contributed by atoms with van der Waals surface area (Å²) >= 11 is 6.37. The summed E-state index contributed by atoms with van der Waals surface area (Å²) in [5.74, 6) is 0.158. The van der Waals surface area contributed by atoms with Crippen molar-refractivity contribution in [1.29, 1.82) is 0 Å². The first-order valence-corrected chi connectivity index (χ1v) is 12.4. The minimum absolute atomic E-state index is 0.0430. The third-order valence-corrected chi connectivity index (χ3v) is 6.84. The number of aryl methyl sites for hydroxylation is 1. The summed E-state index contributed by atoms with van der Waals surface area (Å²) in [5, 5.41) is 3.62. The molecule has 35 heavy (non-hydrogen) atoms. The Morgan fingerprint density at radius 2 is 1.80 bits per heavy atom. The maximum absolute atomic E-state index is 13.6. The number of hydrogen-bond acceptors (Lipinski definition) is 3. The third-order valence-electron chi connectivity index (χ3n) is 6.60. The van der Waals surface area contributed by atoms with E-state index in [9.17, 15) is 9.59 Å². The van der Waals surface area contributed by atoms with Gasteiger partial charge < -0.3 is 15.1 Å². The first-order valence-electron chi connectivity index (χ1n) is 12.1. The fraction of sp³-hybridized carbons (Fsp3) is 0.310. The van der Waals surface area contributed by atoms with Crippen LogP contribution in [0.5, 0.6) is 0 Å². The van der Waals surface area contributed by atoms with Crippen LogP contribution in [0.4, 0.5) is 11.4 Å². The van der Waals surface area contributed by atoms with Crippen LogP contribution in [0.3, 0.4) is 0 Å². The van der Waals surface area contributed by atoms with Gasteiger partial charge in [0.25, 0.3) is 11.8 Å². The number of halogens is 1. The predicted molar refractivity (Wildman–Crippen MR) is 144 cm³/mol. The monoisotopic (exact) mass is 489 g/mol. The number of benzene rings is 3. The van der Waals surface area contributed by atoms with Gasteiger partial charge in [0.1, 0.15) is 0 Å². The van der Waals surface area contributed by atoms with Crippen LogP contribution >= 0.6 is 11.6 Å². The summed E-state index contributed by atoms with van der Waals surface area (Å²) in [4.78, 5) is 30.3. The predicted octanol–water partition coefficient (Wildman–Crippen LogP) is 6.38. The molecule has 0 fully saturated rings. The number of carbonyl (C=O) groups excluding carboxylic acids is 2. The lowest BCUT2D eigenvalue weighted by molar-refractivity contribution is 0.0985.